The van der Waals surface area contributed by atoms with Crippen molar-refractivity contribution in [2.45, 2.75) is 20.3 Å². The molecule has 0 radical (unpaired) electrons. The van der Waals surface area contributed by atoms with Crippen LogP contribution in [-0.4, -0.2) is 17.3 Å². The molecule has 3 nitrogen and oxygen atoms in total. The first-order valence-corrected chi connectivity index (χ1v) is 7.69. The van der Waals surface area contributed by atoms with Crippen molar-refractivity contribution in [3.05, 3.63) is 59.7 Å². The lowest BCUT2D eigenvalue weighted by Gasteiger charge is -2.07. The number of carbonyl (C=O) groups excluding carboxylic acids is 1. The van der Waals surface area contributed by atoms with Crippen LogP contribution in [0, 0.1) is 5.82 Å². The number of fused-ring (bicyclic) bond motifs is 1. The third-order valence-corrected chi connectivity index (χ3v) is 3.93. The number of carbonyl (C=O) groups is 1. The Morgan fingerprint density at radius 2 is 2.00 bits per heavy atom. The van der Waals surface area contributed by atoms with E-state index in [9.17, 15) is 9.18 Å². The molecule has 1 aromatic carbocycles. The number of benzene rings is 1. The molecule has 0 saturated carbocycles. The second-order valence-corrected chi connectivity index (χ2v) is 5.33. The van der Waals surface area contributed by atoms with Crippen molar-refractivity contribution < 1.29 is 13.9 Å². The number of hydrogen-bond donors (Lipinski definition) is 0. The molecule has 0 N–H and O–H groups in total. The van der Waals surface area contributed by atoms with Crippen molar-refractivity contribution in [1.82, 2.24) is 4.40 Å². The Labute approximate surface area is 134 Å². The van der Waals surface area contributed by atoms with Gasteiger partial charge in [-0.3, -0.25) is 4.79 Å². The van der Waals surface area contributed by atoms with Crippen LogP contribution in [-0.2, 0) is 6.42 Å². The van der Waals surface area contributed by atoms with Crippen LogP contribution in [0.5, 0.6) is 5.75 Å². The number of pyridine rings is 1. The Morgan fingerprint density at radius 1 is 1.17 bits per heavy atom. The summed E-state index contributed by atoms with van der Waals surface area (Å²) >= 11 is 0. The molecule has 2 heterocycles. The molecule has 0 saturated heterocycles. The van der Waals surface area contributed by atoms with Crippen molar-refractivity contribution in [3.8, 4) is 16.9 Å². The lowest BCUT2D eigenvalue weighted by Crippen LogP contribution is -1.96. The normalized spacial score (nSPS) is 10.9. The molecule has 0 aliphatic rings. The van der Waals surface area contributed by atoms with Gasteiger partial charge in [0, 0.05) is 17.3 Å². The fourth-order valence-electron chi connectivity index (χ4n) is 2.74. The first-order chi connectivity index (χ1) is 11.2. The number of ether oxygens (including phenoxy) is 1. The van der Waals surface area contributed by atoms with Crippen molar-refractivity contribution >= 4 is 11.8 Å². The van der Waals surface area contributed by atoms with Crippen LogP contribution < -0.4 is 4.74 Å². The zero-order chi connectivity index (χ0) is 16.4. The molecule has 0 bridgehead atoms. The van der Waals surface area contributed by atoms with Gasteiger partial charge in [0.1, 0.15) is 0 Å². The van der Waals surface area contributed by atoms with Gasteiger partial charge in [-0.05, 0) is 48.7 Å². The second kappa shape index (κ2) is 6.24. The summed E-state index contributed by atoms with van der Waals surface area (Å²) in [7, 11) is 0. The van der Waals surface area contributed by atoms with Crippen molar-refractivity contribution in [2.24, 2.45) is 0 Å². The molecule has 0 fully saturated rings. The highest BCUT2D eigenvalue weighted by Crippen LogP contribution is 2.30. The predicted molar refractivity (Wildman–Crippen MR) is 88.7 cm³/mol. The fraction of sp³-hybridized carbons (Fsp3) is 0.211. The third kappa shape index (κ3) is 2.72. The van der Waals surface area contributed by atoms with Crippen molar-refractivity contribution in [2.75, 3.05) is 6.61 Å². The number of hydrogen-bond acceptors (Lipinski definition) is 2. The van der Waals surface area contributed by atoms with Gasteiger partial charge in [0.25, 0.3) is 0 Å². The molecule has 4 heteroatoms. The van der Waals surface area contributed by atoms with E-state index in [1.165, 1.54) is 6.07 Å². The number of rotatable bonds is 5. The lowest BCUT2D eigenvalue weighted by molar-refractivity contribution is 0.111. The average Bonchev–Trinajstić information content (AvgIpc) is 2.94. The molecule has 23 heavy (non-hydrogen) atoms. The van der Waals surface area contributed by atoms with Crippen molar-refractivity contribution in [1.29, 1.82) is 0 Å². The van der Waals surface area contributed by atoms with E-state index in [4.69, 9.17) is 4.74 Å². The molecule has 3 aromatic rings. The van der Waals surface area contributed by atoms with Crippen LogP contribution in [0.2, 0.25) is 0 Å². The van der Waals surface area contributed by atoms with E-state index >= 15 is 0 Å². The fourth-order valence-corrected chi connectivity index (χ4v) is 2.74. The van der Waals surface area contributed by atoms with Crippen LogP contribution >= 0.6 is 0 Å². The molecule has 0 atom stereocenters. The molecule has 118 valence electrons. The summed E-state index contributed by atoms with van der Waals surface area (Å²) in [5.41, 5.74) is 3.96. The van der Waals surface area contributed by atoms with E-state index in [1.54, 1.807) is 12.1 Å². The SMILES string of the molecule is CCOc1ccc(-c2cc3ccc(CC)cn3c2C=O)cc1F. The lowest BCUT2D eigenvalue weighted by atomic mass is 10.1. The van der Waals surface area contributed by atoms with Crippen LogP contribution in [0.15, 0.2) is 42.6 Å². The van der Waals surface area contributed by atoms with Gasteiger partial charge in [0.05, 0.1) is 12.3 Å². The summed E-state index contributed by atoms with van der Waals surface area (Å²) in [6, 6.07) is 10.7. The zero-order valence-electron chi connectivity index (χ0n) is 13.2. The Hall–Kier alpha value is -2.62. The van der Waals surface area contributed by atoms with Gasteiger partial charge in [0.2, 0.25) is 0 Å². The van der Waals surface area contributed by atoms with E-state index in [0.29, 0.717) is 17.9 Å². The summed E-state index contributed by atoms with van der Waals surface area (Å²) in [5.74, 6) is -0.202. The maximum atomic E-state index is 14.1. The minimum Gasteiger partial charge on any atom is -0.491 e. The van der Waals surface area contributed by atoms with Gasteiger partial charge in [-0.25, -0.2) is 4.39 Å². The first kappa shape index (κ1) is 15.3. The highest BCUT2D eigenvalue weighted by atomic mass is 19.1. The summed E-state index contributed by atoms with van der Waals surface area (Å²) < 4.78 is 21.2. The van der Waals surface area contributed by atoms with Gasteiger partial charge in [-0.1, -0.05) is 19.1 Å². The molecule has 0 aliphatic heterocycles. The molecular weight excluding hydrogens is 293 g/mol. The Balaban J connectivity index is 2.16. The summed E-state index contributed by atoms with van der Waals surface area (Å²) in [5, 5.41) is 0. The van der Waals surface area contributed by atoms with Gasteiger partial charge < -0.3 is 9.14 Å². The van der Waals surface area contributed by atoms with Gasteiger partial charge >= 0.3 is 0 Å². The van der Waals surface area contributed by atoms with Crippen LogP contribution in [0.1, 0.15) is 29.9 Å². The largest absolute Gasteiger partial charge is 0.491 e. The van der Waals surface area contributed by atoms with E-state index in [0.717, 1.165) is 29.4 Å². The highest BCUT2D eigenvalue weighted by Gasteiger charge is 2.14. The summed E-state index contributed by atoms with van der Waals surface area (Å²) in [4.78, 5) is 11.6. The maximum Gasteiger partial charge on any atom is 0.167 e. The Morgan fingerprint density at radius 3 is 2.65 bits per heavy atom. The van der Waals surface area contributed by atoms with Gasteiger partial charge in [0.15, 0.2) is 17.9 Å². The summed E-state index contributed by atoms with van der Waals surface area (Å²) in [6.07, 6.45) is 3.66. The quantitative estimate of drug-likeness (QED) is 0.649. The third-order valence-electron chi connectivity index (χ3n) is 3.93. The second-order valence-electron chi connectivity index (χ2n) is 5.33. The Bertz CT molecular complexity index is 867. The Kier molecular flexibility index (Phi) is 4.15. The minimum absolute atomic E-state index is 0.223. The zero-order valence-corrected chi connectivity index (χ0v) is 13.2. The highest BCUT2D eigenvalue weighted by molar-refractivity contribution is 5.90. The van der Waals surface area contributed by atoms with Crippen molar-refractivity contribution in [3.63, 3.8) is 0 Å². The standard InChI is InChI=1S/C19H18FNO2/c1-3-13-5-7-15-10-16(18(12-22)21(15)11-13)14-6-8-19(23-4-2)17(20)9-14/h5-12H,3-4H2,1-2H3. The molecule has 3 rings (SSSR count). The smallest absolute Gasteiger partial charge is 0.167 e. The number of aldehydes is 1. The monoisotopic (exact) mass is 311 g/mol. The number of aromatic nitrogens is 1. The molecular formula is C19H18FNO2. The molecule has 2 aromatic heterocycles. The molecule has 0 unspecified atom stereocenters. The van der Waals surface area contributed by atoms with E-state index in [-0.39, 0.29) is 5.75 Å². The maximum absolute atomic E-state index is 14.1. The van der Waals surface area contributed by atoms with Crippen LogP contribution in [0.25, 0.3) is 16.6 Å². The number of nitrogens with zero attached hydrogens (tertiary/aromatic N) is 1. The number of halogens is 1. The molecule has 0 amide bonds. The summed E-state index contributed by atoms with van der Waals surface area (Å²) in [6.45, 7) is 4.28. The predicted octanol–water partition coefficient (Wildman–Crippen LogP) is 4.52. The first-order valence-electron chi connectivity index (χ1n) is 7.69. The van der Waals surface area contributed by atoms with Gasteiger partial charge in [-0.15, -0.1) is 0 Å². The van der Waals surface area contributed by atoms with Crippen LogP contribution in [0.3, 0.4) is 0 Å². The van der Waals surface area contributed by atoms with E-state index in [2.05, 4.69) is 6.92 Å². The number of aryl methyl sites for hydroxylation is 1. The topological polar surface area (TPSA) is 30.7 Å². The van der Waals surface area contributed by atoms with Crippen LogP contribution in [0.4, 0.5) is 4.39 Å². The minimum atomic E-state index is -0.425. The van der Waals surface area contributed by atoms with E-state index < -0.39 is 5.82 Å². The average molecular weight is 311 g/mol. The van der Waals surface area contributed by atoms with E-state index in [1.807, 2.05) is 35.7 Å². The van der Waals surface area contributed by atoms with Gasteiger partial charge in [-0.2, -0.15) is 0 Å². The molecule has 0 spiro atoms. The molecule has 0 aliphatic carbocycles.